The number of nitrogens with one attached hydrogen (secondary N) is 2. The third-order valence-corrected chi connectivity index (χ3v) is 3.06. The number of rotatable bonds is 6. The van der Waals surface area contributed by atoms with Crippen LogP contribution in [0, 0.1) is 6.92 Å². The number of alkyl halides is 3. The van der Waals surface area contributed by atoms with Crippen molar-refractivity contribution in [3.8, 4) is 0 Å². The molecule has 0 atom stereocenters. The summed E-state index contributed by atoms with van der Waals surface area (Å²) in [5.74, 6) is -0.463. The largest absolute Gasteiger partial charge is 0.419 e. The lowest BCUT2D eigenvalue weighted by molar-refractivity contribution is -0.111. The summed E-state index contributed by atoms with van der Waals surface area (Å²) in [6.07, 6.45) is -2.79. The van der Waals surface area contributed by atoms with Gasteiger partial charge in [0, 0.05) is 17.6 Å². The molecule has 0 unspecified atom stereocenters. The van der Waals surface area contributed by atoms with Gasteiger partial charge in [0.2, 0.25) is 5.91 Å². The summed E-state index contributed by atoms with van der Waals surface area (Å²) in [6, 6.07) is 4.95. The third-order valence-electron chi connectivity index (χ3n) is 3.06. The highest BCUT2D eigenvalue weighted by molar-refractivity contribution is 6.01. The lowest BCUT2D eigenvalue weighted by atomic mass is 10.1. The smallest absolute Gasteiger partial charge is 0.357 e. The van der Waals surface area contributed by atoms with E-state index in [0.29, 0.717) is 11.4 Å². The number of benzene rings is 1. The number of anilines is 2. The van der Waals surface area contributed by atoms with E-state index in [-0.39, 0.29) is 11.4 Å². The summed E-state index contributed by atoms with van der Waals surface area (Å²) < 4.78 is 39.8. The van der Waals surface area contributed by atoms with E-state index < -0.39 is 17.7 Å². The molecular formula is C18H20F3N3O. The normalized spacial score (nSPS) is 12.6. The van der Waals surface area contributed by atoms with E-state index >= 15 is 0 Å². The molecule has 0 spiro atoms. The van der Waals surface area contributed by atoms with E-state index in [1.165, 1.54) is 13.8 Å². The minimum absolute atomic E-state index is 0.157. The third kappa shape index (κ3) is 6.29. The number of carbonyl (C=O) groups excluding carboxylic acids is 1. The molecule has 0 saturated heterocycles. The van der Waals surface area contributed by atoms with Crippen molar-refractivity contribution < 1.29 is 18.0 Å². The Balaban J connectivity index is 3.30. The van der Waals surface area contributed by atoms with Crippen LogP contribution in [0.15, 0.2) is 59.4 Å². The second-order valence-electron chi connectivity index (χ2n) is 5.40. The van der Waals surface area contributed by atoms with E-state index in [1.807, 2.05) is 0 Å². The van der Waals surface area contributed by atoms with Gasteiger partial charge in [-0.05, 0) is 44.5 Å². The van der Waals surface area contributed by atoms with E-state index in [2.05, 4.69) is 28.8 Å². The zero-order valence-electron chi connectivity index (χ0n) is 14.3. The van der Waals surface area contributed by atoms with Crippen molar-refractivity contribution in [3.63, 3.8) is 0 Å². The highest BCUT2D eigenvalue weighted by Crippen LogP contribution is 2.30. The molecule has 25 heavy (non-hydrogen) atoms. The van der Waals surface area contributed by atoms with E-state index in [1.54, 1.807) is 25.1 Å². The number of hydrogen-bond acceptors (Lipinski definition) is 3. The van der Waals surface area contributed by atoms with Crippen LogP contribution in [0.2, 0.25) is 0 Å². The molecule has 0 aliphatic carbocycles. The van der Waals surface area contributed by atoms with Gasteiger partial charge in [-0.15, -0.1) is 0 Å². The average Bonchev–Trinajstić information content (AvgIpc) is 2.48. The van der Waals surface area contributed by atoms with Crippen molar-refractivity contribution in [2.24, 2.45) is 4.99 Å². The molecule has 1 aromatic rings. The van der Waals surface area contributed by atoms with Crippen LogP contribution in [-0.4, -0.2) is 18.3 Å². The maximum Gasteiger partial charge on any atom is 0.419 e. The van der Waals surface area contributed by atoms with Crippen LogP contribution < -0.4 is 10.6 Å². The highest BCUT2D eigenvalue weighted by atomic mass is 19.4. The van der Waals surface area contributed by atoms with Crippen molar-refractivity contribution in [1.82, 2.24) is 0 Å². The minimum Gasteiger partial charge on any atom is -0.357 e. The lowest BCUT2D eigenvalue weighted by Crippen LogP contribution is -2.18. The summed E-state index contributed by atoms with van der Waals surface area (Å²) in [7, 11) is 0. The second kappa shape index (κ2) is 8.32. The van der Waals surface area contributed by atoms with Crippen molar-refractivity contribution in [1.29, 1.82) is 0 Å². The number of amides is 1. The first-order valence-corrected chi connectivity index (χ1v) is 7.33. The van der Waals surface area contributed by atoms with Crippen molar-refractivity contribution in [2.45, 2.75) is 26.9 Å². The number of aliphatic imine (C=N–C) groups is 1. The molecular weight excluding hydrogens is 331 g/mol. The fraction of sp³-hybridized carbons (Fsp3) is 0.222. The Labute approximate surface area is 144 Å². The number of aryl methyl sites for hydroxylation is 1. The second-order valence-corrected chi connectivity index (χ2v) is 5.40. The zero-order valence-corrected chi connectivity index (χ0v) is 14.3. The van der Waals surface area contributed by atoms with Crippen molar-refractivity contribution in [2.75, 3.05) is 10.6 Å². The van der Waals surface area contributed by atoms with Gasteiger partial charge < -0.3 is 10.6 Å². The monoisotopic (exact) mass is 351 g/mol. The van der Waals surface area contributed by atoms with Gasteiger partial charge in [0.25, 0.3) is 0 Å². The molecule has 1 rings (SSSR count). The summed E-state index contributed by atoms with van der Waals surface area (Å²) >= 11 is 0. The molecule has 0 heterocycles. The Morgan fingerprint density at radius 2 is 1.84 bits per heavy atom. The predicted molar refractivity (Wildman–Crippen MR) is 95.7 cm³/mol. The summed E-state index contributed by atoms with van der Waals surface area (Å²) in [5, 5.41) is 5.25. The van der Waals surface area contributed by atoms with Crippen LogP contribution in [-0.2, 0) is 4.79 Å². The molecule has 0 saturated carbocycles. The highest BCUT2D eigenvalue weighted by Gasteiger charge is 2.34. The van der Waals surface area contributed by atoms with Gasteiger partial charge in [-0.1, -0.05) is 19.2 Å². The minimum atomic E-state index is -4.59. The fourth-order valence-corrected chi connectivity index (χ4v) is 1.88. The summed E-state index contributed by atoms with van der Waals surface area (Å²) in [6.45, 7) is 11.4. The van der Waals surface area contributed by atoms with E-state index in [9.17, 15) is 18.0 Å². The Morgan fingerprint density at radius 1 is 1.20 bits per heavy atom. The van der Waals surface area contributed by atoms with Crippen molar-refractivity contribution >= 4 is 23.5 Å². The number of allylic oxidation sites excluding steroid dienone is 3. The number of hydrogen-bond donors (Lipinski definition) is 2. The lowest BCUT2D eigenvalue weighted by Gasteiger charge is -2.17. The molecule has 7 heteroatoms. The van der Waals surface area contributed by atoms with Crippen LogP contribution in [0.25, 0.3) is 0 Å². The number of halogens is 3. The maximum atomic E-state index is 13.3. The molecule has 0 aliphatic heterocycles. The molecule has 0 aliphatic rings. The zero-order chi connectivity index (χ0) is 19.2. The molecule has 134 valence electrons. The first-order chi connectivity index (χ1) is 11.5. The van der Waals surface area contributed by atoms with Gasteiger partial charge >= 0.3 is 6.18 Å². The molecule has 1 aromatic carbocycles. The van der Waals surface area contributed by atoms with Crippen LogP contribution >= 0.6 is 0 Å². The van der Waals surface area contributed by atoms with Gasteiger partial charge in [-0.3, -0.25) is 9.79 Å². The van der Waals surface area contributed by atoms with Crippen LogP contribution in [0.1, 0.15) is 19.4 Å². The van der Waals surface area contributed by atoms with Crippen LogP contribution in [0.3, 0.4) is 0 Å². The fourth-order valence-electron chi connectivity index (χ4n) is 1.88. The quantitative estimate of drug-likeness (QED) is 0.561. The van der Waals surface area contributed by atoms with Gasteiger partial charge in [-0.25, -0.2) is 0 Å². The van der Waals surface area contributed by atoms with Gasteiger partial charge in [0.05, 0.1) is 16.9 Å². The molecule has 4 nitrogen and oxygen atoms in total. The van der Waals surface area contributed by atoms with Gasteiger partial charge in [0.15, 0.2) is 0 Å². The summed E-state index contributed by atoms with van der Waals surface area (Å²) in [4.78, 5) is 15.2. The molecule has 2 N–H and O–H groups in total. The maximum absolute atomic E-state index is 13.3. The van der Waals surface area contributed by atoms with Crippen LogP contribution in [0.4, 0.5) is 24.5 Å². The number of carbonyl (C=O) groups is 1. The first kappa shape index (κ1) is 20.2. The van der Waals surface area contributed by atoms with Crippen molar-refractivity contribution in [3.05, 3.63) is 60.0 Å². The Kier molecular flexibility index (Phi) is 6.73. The molecule has 0 fully saturated rings. The van der Waals surface area contributed by atoms with Crippen LogP contribution in [0.5, 0.6) is 0 Å². The predicted octanol–water partition coefficient (Wildman–Crippen LogP) is 4.97. The topological polar surface area (TPSA) is 53.5 Å². The molecule has 0 aromatic heterocycles. The van der Waals surface area contributed by atoms with E-state index in [4.69, 9.17) is 0 Å². The first-order valence-electron chi connectivity index (χ1n) is 7.33. The molecule has 0 bridgehead atoms. The van der Waals surface area contributed by atoms with Gasteiger partial charge in [0.1, 0.15) is 0 Å². The average molecular weight is 351 g/mol. The summed E-state index contributed by atoms with van der Waals surface area (Å²) in [5.41, 5.74) is 0.675. The standard InChI is InChI=1S/C18H20F3N3O/c1-6-17(25)24-16-9-12(4)7-8-15(16)23-13(5)14(18(19,20)21)10-22-11(2)3/h6-10,23H,1-2H2,3-5H3,(H,24,25)/b14-13-,22-10-. The Hall–Kier alpha value is -2.83. The Morgan fingerprint density at radius 3 is 2.36 bits per heavy atom. The number of nitrogens with zero attached hydrogens (tertiary/aromatic N) is 1. The molecule has 0 radical (unpaired) electrons. The SMILES string of the molecule is C=CC(=O)Nc1cc(C)ccc1N/C(C)=C(/C=N\C(=C)C)C(F)(F)F. The molecule has 1 amide bonds. The van der Waals surface area contributed by atoms with E-state index in [0.717, 1.165) is 17.9 Å². The Bertz CT molecular complexity index is 746. The van der Waals surface area contributed by atoms with Gasteiger partial charge in [-0.2, -0.15) is 13.2 Å².